The number of rotatable bonds is 6. The monoisotopic (exact) mass is 525 g/mol. The fraction of sp³-hybridized carbons (Fsp3) is 0.407. The highest BCUT2D eigenvalue weighted by atomic mass is 19.4. The molecule has 0 radical (unpaired) electrons. The van der Waals surface area contributed by atoms with Crippen molar-refractivity contribution in [3.05, 3.63) is 59.5 Å². The molecule has 1 aliphatic heterocycles. The van der Waals surface area contributed by atoms with Gasteiger partial charge in [-0.1, -0.05) is 24.3 Å². The van der Waals surface area contributed by atoms with E-state index in [-0.39, 0.29) is 23.8 Å². The minimum atomic E-state index is -4.52. The molecule has 1 aliphatic rings. The number of carbonyl (C=O) groups excluding carboxylic acids is 1. The van der Waals surface area contributed by atoms with Crippen molar-refractivity contribution in [3.63, 3.8) is 0 Å². The van der Waals surface area contributed by atoms with E-state index in [1.165, 1.54) is 4.57 Å². The topological polar surface area (TPSA) is 73.8 Å². The van der Waals surface area contributed by atoms with Crippen LogP contribution >= 0.6 is 0 Å². The summed E-state index contributed by atoms with van der Waals surface area (Å²) in [5, 5.41) is 9.27. The molecule has 0 aliphatic carbocycles. The summed E-state index contributed by atoms with van der Waals surface area (Å²) in [6, 6.07) is 9.03. The maximum Gasteiger partial charge on any atom is 0.434 e. The van der Waals surface area contributed by atoms with Crippen LogP contribution in [0.1, 0.15) is 63.0 Å². The standard InChI is InChI=1S/C27H30F3N7O/c1-16(2)34-15-22(27(28,29)30)32-26(34)20-8-6-19(7-9-20)14-35-23-12-21(33-36(23)11-10-24(35)38)25-18(5)13-31-37(25)17(3)4/h6-9,12-13,15-17H,10-11,14H2,1-5H3. The Morgan fingerprint density at radius 3 is 2.39 bits per heavy atom. The molecule has 38 heavy (non-hydrogen) atoms. The summed E-state index contributed by atoms with van der Waals surface area (Å²) in [5.74, 6) is 0.960. The third kappa shape index (κ3) is 4.61. The molecular weight excluding hydrogens is 495 g/mol. The van der Waals surface area contributed by atoms with E-state index in [2.05, 4.69) is 23.9 Å². The first-order valence-corrected chi connectivity index (χ1v) is 12.6. The number of benzene rings is 1. The van der Waals surface area contributed by atoms with E-state index in [0.29, 0.717) is 30.9 Å². The number of aromatic nitrogens is 6. The maximum absolute atomic E-state index is 13.3. The number of imidazole rings is 1. The Hall–Kier alpha value is -3.89. The van der Waals surface area contributed by atoms with Crippen LogP contribution in [-0.2, 0) is 24.1 Å². The van der Waals surface area contributed by atoms with Gasteiger partial charge < -0.3 is 4.57 Å². The number of anilines is 1. The quantitative estimate of drug-likeness (QED) is 0.308. The van der Waals surface area contributed by atoms with E-state index < -0.39 is 11.9 Å². The molecule has 0 bridgehead atoms. The zero-order valence-corrected chi connectivity index (χ0v) is 22.0. The largest absolute Gasteiger partial charge is 0.434 e. The lowest BCUT2D eigenvalue weighted by atomic mass is 10.1. The van der Waals surface area contributed by atoms with Crippen molar-refractivity contribution in [2.75, 3.05) is 4.90 Å². The lowest BCUT2D eigenvalue weighted by molar-refractivity contribution is -0.140. The summed E-state index contributed by atoms with van der Waals surface area (Å²) >= 11 is 0. The molecule has 0 saturated carbocycles. The Morgan fingerprint density at radius 2 is 1.76 bits per heavy atom. The Bertz CT molecular complexity index is 1480. The Labute approximate surface area is 218 Å². The average molecular weight is 526 g/mol. The summed E-state index contributed by atoms with van der Waals surface area (Å²) in [6.45, 7) is 10.6. The van der Waals surface area contributed by atoms with E-state index in [1.54, 1.807) is 17.0 Å². The molecule has 0 fully saturated rings. The van der Waals surface area contributed by atoms with Crippen LogP contribution in [0.2, 0.25) is 0 Å². The Kier molecular flexibility index (Phi) is 6.40. The molecule has 11 heteroatoms. The molecule has 0 atom stereocenters. The molecule has 0 saturated heterocycles. The molecule has 4 heterocycles. The second-order valence-corrected chi connectivity index (χ2v) is 10.2. The summed E-state index contributed by atoms with van der Waals surface area (Å²) in [7, 11) is 0. The zero-order valence-electron chi connectivity index (χ0n) is 22.0. The van der Waals surface area contributed by atoms with Gasteiger partial charge in [0.15, 0.2) is 5.69 Å². The lowest BCUT2D eigenvalue weighted by Crippen LogP contribution is -2.36. The van der Waals surface area contributed by atoms with Gasteiger partial charge in [-0.3, -0.25) is 14.4 Å². The molecule has 5 rings (SSSR count). The first kappa shape index (κ1) is 25.7. The van der Waals surface area contributed by atoms with Crippen LogP contribution in [0.3, 0.4) is 0 Å². The molecule has 1 aromatic carbocycles. The molecule has 0 N–H and O–H groups in total. The summed E-state index contributed by atoms with van der Waals surface area (Å²) in [4.78, 5) is 18.5. The van der Waals surface area contributed by atoms with Crippen molar-refractivity contribution in [1.82, 2.24) is 29.1 Å². The van der Waals surface area contributed by atoms with Gasteiger partial charge in [0.2, 0.25) is 5.91 Å². The van der Waals surface area contributed by atoms with E-state index in [4.69, 9.17) is 5.10 Å². The highest BCUT2D eigenvalue weighted by molar-refractivity contribution is 5.94. The number of amides is 1. The molecule has 0 spiro atoms. The Morgan fingerprint density at radius 1 is 1.05 bits per heavy atom. The number of halogens is 3. The van der Waals surface area contributed by atoms with Crippen LogP contribution in [0.25, 0.3) is 22.8 Å². The third-order valence-corrected chi connectivity index (χ3v) is 6.72. The number of carbonyl (C=O) groups is 1. The van der Waals surface area contributed by atoms with Crippen LogP contribution in [0.5, 0.6) is 0 Å². The van der Waals surface area contributed by atoms with Gasteiger partial charge in [0, 0.05) is 36.3 Å². The van der Waals surface area contributed by atoms with Gasteiger partial charge >= 0.3 is 6.18 Å². The minimum absolute atomic E-state index is 0.00714. The number of fused-ring (bicyclic) bond motifs is 1. The van der Waals surface area contributed by atoms with E-state index >= 15 is 0 Å². The highest BCUT2D eigenvalue weighted by Crippen LogP contribution is 2.34. The molecule has 0 unspecified atom stereocenters. The number of alkyl halides is 3. The molecule has 8 nitrogen and oxygen atoms in total. The van der Waals surface area contributed by atoms with Crippen molar-refractivity contribution in [2.45, 2.75) is 72.4 Å². The first-order chi connectivity index (χ1) is 17.9. The number of hydrogen-bond acceptors (Lipinski definition) is 4. The molecule has 4 aromatic rings. The minimum Gasteiger partial charge on any atom is -0.328 e. The van der Waals surface area contributed by atoms with E-state index in [1.807, 2.05) is 54.5 Å². The van der Waals surface area contributed by atoms with Gasteiger partial charge in [-0.15, -0.1) is 0 Å². The van der Waals surface area contributed by atoms with Crippen LogP contribution in [-0.4, -0.2) is 35.0 Å². The average Bonchev–Trinajstić information content (AvgIpc) is 3.57. The van der Waals surface area contributed by atoms with Crippen molar-refractivity contribution in [1.29, 1.82) is 0 Å². The smallest absolute Gasteiger partial charge is 0.328 e. The summed E-state index contributed by atoms with van der Waals surface area (Å²) < 4.78 is 45.2. The van der Waals surface area contributed by atoms with Gasteiger partial charge in [0.25, 0.3) is 0 Å². The second-order valence-electron chi connectivity index (χ2n) is 10.2. The van der Waals surface area contributed by atoms with Crippen LogP contribution < -0.4 is 4.90 Å². The zero-order chi connectivity index (χ0) is 27.4. The number of aryl methyl sites for hydroxylation is 2. The highest BCUT2D eigenvalue weighted by Gasteiger charge is 2.35. The summed E-state index contributed by atoms with van der Waals surface area (Å²) in [5.41, 5.74) is 3.21. The van der Waals surface area contributed by atoms with Gasteiger partial charge in [0.05, 0.1) is 25.0 Å². The predicted octanol–water partition coefficient (Wildman–Crippen LogP) is 6.04. The SMILES string of the molecule is Cc1cnn(C(C)C)c1-c1cc2n(n1)CCC(=O)N2Cc1ccc(-c2nc(C(F)(F)F)cn2C(C)C)cc1. The molecule has 3 aromatic heterocycles. The van der Waals surface area contributed by atoms with Gasteiger partial charge in [-0.05, 0) is 45.7 Å². The number of nitrogens with zero attached hydrogens (tertiary/aromatic N) is 7. The maximum atomic E-state index is 13.3. The van der Waals surface area contributed by atoms with Crippen molar-refractivity contribution >= 4 is 11.7 Å². The van der Waals surface area contributed by atoms with E-state index in [0.717, 1.165) is 28.7 Å². The lowest BCUT2D eigenvalue weighted by Gasteiger charge is -2.27. The van der Waals surface area contributed by atoms with E-state index in [9.17, 15) is 18.0 Å². The molecule has 200 valence electrons. The van der Waals surface area contributed by atoms with Gasteiger partial charge in [0.1, 0.15) is 17.3 Å². The molecular formula is C27H30F3N7O. The van der Waals surface area contributed by atoms with Crippen LogP contribution in [0.15, 0.2) is 42.7 Å². The van der Waals surface area contributed by atoms with Crippen LogP contribution in [0.4, 0.5) is 19.0 Å². The Balaban J connectivity index is 1.44. The fourth-order valence-electron chi connectivity index (χ4n) is 4.78. The first-order valence-electron chi connectivity index (χ1n) is 12.6. The summed E-state index contributed by atoms with van der Waals surface area (Å²) in [6.07, 6.45) is -1.32. The molecule has 1 amide bonds. The third-order valence-electron chi connectivity index (χ3n) is 6.72. The van der Waals surface area contributed by atoms with Crippen LogP contribution in [0, 0.1) is 6.92 Å². The van der Waals surface area contributed by atoms with Crippen molar-refractivity contribution in [2.24, 2.45) is 0 Å². The second kappa shape index (κ2) is 9.45. The van der Waals surface area contributed by atoms with Gasteiger partial charge in [-0.2, -0.15) is 23.4 Å². The van der Waals surface area contributed by atoms with Gasteiger partial charge in [-0.25, -0.2) is 9.67 Å². The number of hydrogen-bond donors (Lipinski definition) is 0. The predicted molar refractivity (Wildman–Crippen MR) is 137 cm³/mol. The fourth-order valence-corrected chi connectivity index (χ4v) is 4.78. The van der Waals surface area contributed by atoms with Crippen molar-refractivity contribution < 1.29 is 18.0 Å². The van der Waals surface area contributed by atoms with Crippen molar-refractivity contribution in [3.8, 4) is 22.8 Å². The normalized spacial score (nSPS) is 14.2.